The predicted octanol–water partition coefficient (Wildman–Crippen LogP) is 3.35. The molecule has 3 heteroatoms. The predicted molar refractivity (Wildman–Crippen MR) is 63.1 cm³/mol. The first-order valence-corrected chi connectivity index (χ1v) is 5.65. The van der Waals surface area contributed by atoms with Gasteiger partial charge in [0.05, 0.1) is 6.61 Å². The maximum atomic E-state index is 5.83. The van der Waals surface area contributed by atoms with E-state index in [1.807, 2.05) is 18.2 Å². The third kappa shape index (κ3) is 3.31. The third-order valence-electron chi connectivity index (χ3n) is 2.04. The van der Waals surface area contributed by atoms with Crippen molar-refractivity contribution in [1.29, 1.82) is 0 Å². The van der Waals surface area contributed by atoms with Gasteiger partial charge in [0, 0.05) is 22.3 Å². The van der Waals surface area contributed by atoms with Gasteiger partial charge in [0.25, 0.3) is 0 Å². The fourth-order valence-electron chi connectivity index (χ4n) is 1.15. The molecule has 1 rings (SSSR count). The van der Waals surface area contributed by atoms with Gasteiger partial charge in [-0.15, -0.1) is 0 Å². The largest absolute Gasteiger partial charge is 0.398 e. The molecule has 0 fully saturated rings. The van der Waals surface area contributed by atoms with Gasteiger partial charge in [0.15, 0.2) is 0 Å². The molecule has 0 aliphatic carbocycles. The summed E-state index contributed by atoms with van der Waals surface area (Å²) in [4.78, 5) is 0. The van der Waals surface area contributed by atoms with Crippen molar-refractivity contribution < 1.29 is 4.74 Å². The highest BCUT2D eigenvalue weighted by Gasteiger charge is 2.03. The summed E-state index contributed by atoms with van der Waals surface area (Å²) in [5.74, 6) is 0. The molecule has 2 N–H and O–H groups in total. The summed E-state index contributed by atoms with van der Waals surface area (Å²) in [6.07, 6.45) is 2.26. The second kappa shape index (κ2) is 6.04. The van der Waals surface area contributed by atoms with Crippen LogP contribution in [-0.2, 0) is 11.3 Å². The quantitative estimate of drug-likeness (QED) is 0.649. The van der Waals surface area contributed by atoms with E-state index in [0.717, 1.165) is 35.2 Å². The van der Waals surface area contributed by atoms with E-state index < -0.39 is 0 Å². The molecule has 0 saturated carbocycles. The van der Waals surface area contributed by atoms with Crippen LogP contribution in [0, 0.1) is 0 Å². The summed E-state index contributed by atoms with van der Waals surface area (Å²) in [5, 5.41) is 0. The maximum Gasteiger partial charge on any atom is 0.0748 e. The van der Waals surface area contributed by atoms with Crippen LogP contribution in [0.4, 0.5) is 5.69 Å². The number of nitrogen functional groups attached to an aromatic ring is 1. The molecular weight excluding hydrogens is 242 g/mol. The molecule has 1 aromatic carbocycles. The van der Waals surface area contributed by atoms with E-state index >= 15 is 0 Å². The second-order valence-corrected chi connectivity index (χ2v) is 4.07. The zero-order chi connectivity index (χ0) is 10.4. The van der Waals surface area contributed by atoms with Gasteiger partial charge >= 0.3 is 0 Å². The van der Waals surface area contributed by atoms with E-state index in [9.17, 15) is 0 Å². The molecule has 2 nitrogen and oxygen atoms in total. The van der Waals surface area contributed by atoms with Crippen LogP contribution in [-0.4, -0.2) is 6.61 Å². The van der Waals surface area contributed by atoms with Crippen LogP contribution >= 0.6 is 15.9 Å². The molecule has 0 saturated heterocycles. The summed E-state index contributed by atoms with van der Waals surface area (Å²) < 4.78 is 6.53. The Kier molecular flexibility index (Phi) is 4.98. The van der Waals surface area contributed by atoms with Crippen LogP contribution in [0.5, 0.6) is 0 Å². The van der Waals surface area contributed by atoms with Crippen LogP contribution in [0.25, 0.3) is 0 Å². The van der Waals surface area contributed by atoms with Gasteiger partial charge in [0.2, 0.25) is 0 Å². The standard InChI is InChI=1S/C11H16BrNO/c1-2-3-7-14-8-9-10(12)5-4-6-11(9)13/h4-6H,2-3,7-8,13H2,1H3. The third-order valence-corrected chi connectivity index (χ3v) is 2.79. The lowest BCUT2D eigenvalue weighted by atomic mass is 10.2. The highest BCUT2D eigenvalue weighted by atomic mass is 79.9. The van der Waals surface area contributed by atoms with Gasteiger partial charge < -0.3 is 10.5 Å². The molecular formula is C11H16BrNO. The van der Waals surface area contributed by atoms with Gasteiger partial charge in [-0.3, -0.25) is 0 Å². The molecule has 0 atom stereocenters. The monoisotopic (exact) mass is 257 g/mol. The van der Waals surface area contributed by atoms with Gasteiger partial charge in [-0.2, -0.15) is 0 Å². The Morgan fingerprint density at radius 1 is 1.43 bits per heavy atom. The molecule has 14 heavy (non-hydrogen) atoms. The van der Waals surface area contributed by atoms with E-state index in [1.165, 1.54) is 0 Å². The molecule has 0 amide bonds. The van der Waals surface area contributed by atoms with E-state index in [4.69, 9.17) is 10.5 Å². The SMILES string of the molecule is CCCCOCc1c(N)cccc1Br. The first-order valence-electron chi connectivity index (χ1n) is 4.86. The molecule has 0 aliphatic rings. The molecule has 0 radical (unpaired) electrons. The summed E-state index contributed by atoms with van der Waals surface area (Å²) >= 11 is 3.46. The van der Waals surface area contributed by atoms with Crippen LogP contribution in [0.15, 0.2) is 22.7 Å². The topological polar surface area (TPSA) is 35.2 Å². The van der Waals surface area contributed by atoms with Crippen molar-refractivity contribution in [3.63, 3.8) is 0 Å². The van der Waals surface area contributed by atoms with E-state index in [2.05, 4.69) is 22.9 Å². The zero-order valence-electron chi connectivity index (χ0n) is 8.42. The Morgan fingerprint density at radius 3 is 2.86 bits per heavy atom. The number of unbranched alkanes of at least 4 members (excludes halogenated alkanes) is 1. The van der Waals surface area contributed by atoms with Crippen molar-refractivity contribution in [1.82, 2.24) is 0 Å². The molecule has 0 heterocycles. The normalized spacial score (nSPS) is 10.4. The van der Waals surface area contributed by atoms with Gasteiger partial charge in [-0.05, 0) is 18.6 Å². The summed E-state index contributed by atoms with van der Waals surface area (Å²) in [6, 6.07) is 5.80. The van der Waals surface area contributed by atoms with Crippen molar-refractivity contribution in [2.75, 3.05) is 12.3 Å². The second-order valence-electron chi connectivity index (χ2n) is 3.21. The number of nitrogens with two attached hydrogens (primary N) is 1. The number of ether oxygens (including phenoxy) is 1. The van der Waals surface area contributed by atoms with E-state index in [1.54, 1.807) is 0 Å². The summed E-state index contributed by atoms with van der Waals surface area (Å²) in [6.45, 7) is 3.54. The molecule has 1 aromatic rings. The minimum absolute atomic E-state index is 0.591. The summed E-state index contributed by atoms with van der Waals surface area (Å²) in [7, 11) is 0. The average Bonchev–Trinajstić information content (AvgIpc) is 2.16. The van der Waals surface area contributed by atoms with Crippen molar-refractivity contribution in [3.05, 3.63) is 28.2 Å². The molecule has 0 aliphatic heterocycles. The Labute approximate surface area is 93.6 Å². The van der Waals surface area contributed by atoms with Gasteiger partial charge in [0.1, 0.15) is 0 Å². The number of anilines is 1. The molecule has 0 unspecified atom stereocenters. The fraction of sp³-hybridized carbons (Fsp3) is 0.455. The first-order chi connectivity index (χ1) is 6.75. The smallest absolute Gasteiger partial charge is 0.0748 e. The van der Waals surface area contributed by atoms with Crippen molar-refractivity contribution in [2.24, 2.45) is 0 Å². The summed E-state index contributed by atoms with van der Waals surface area (Å²) in [5.41, 5.74) is 7.66. The fourth-order valence-corrected chi connectivity index (χ4v) is 1.64. The lowest BCUT2D eigenvalue weighted by molar-refractivity contribution is 0.118. The van der Waals surface area contributed by atoms with Crippen molar-refractivity contribution >= 4 is 21.6 Å². The Balaban J connectivity index is 2.49. The maximum absolute atomic E-state index is 5.83. The van der Waals surface area contributed by atoms with Gasteiger partial charge in [-0.1, -0.05) is 35.3 Å². The van der Waals surface area contributed by atoms with Crippen LogP contribution in [0.3, 0.4) is 0 Å². The number of hydrogen-bond donors (Lipinski definition) is 1. The zero-order valence-corrected chi connectivity index (χ0v) is 10.0. The number of rotatable bonds is 5. The molecule has 0 bridgehead atoms. The highest BCUT2D eigenvalue weighted by molar-refractivity contribution is 9.10. The minimum Gasteiger partial charge on any atom is -0.398 e. The minimum atomic E-state index is 0.591. The number of hydrogen-bond acceptors (Lipinski definition) is 2. The number of halogens is 1. The Hall–Kier alpha value is -0.540. The van der Waals surface area contributed by atoms with Crippen molar-refractivity contribution in [2.45, 2.75) is 26.4 Å². The molecule has 78 valence electrons. The Morgan fingerprint density at radius 2 is 2.21 bits per heavy atom. The molecule has 0 spiro atoms. The van der Waals surface area contributed by atoms with Crippen LogP contribution < -0.4 is 5.73 Å². The average molecular weight is 258 g/mol. The molecule has 0 aromatic heterocycles. The lowest BCUT2D eigenvalue weighted by Gasteiger charge is -2.08. The van der Waals surface area contributed by atoms with Crippen LogP contribution in [0.1, 0.15) is 25.3 Å². The van der Waals surface area contributed by atoms with E-state index in [-0.39, 0.29) is 0 Å². The lowest BCUT2D eigenvalue weighted by Crippen LogP contribution is -2.00. The van der Waals surface area contributed by atoms with E-state index in [0.29, 0.717) is 6.61 Å². The van der Waals surface area contributed by atoms with Crippen LogP contribution in [0.2, 0.25) is 0 Å². The van der Waals surface area contributed by atoms with Crippen molar-refractivity contribution in [3.8, 4) is 0 Å². The number of benzene rings is 1. The highest BCUT2D eigenvalue weighted by Crippen LogP contribution is 2.23. The Bertz CT molecular complexity index is 268. The van der Waals surface area contributed by atoms with Gasteiger partial charge in [-0.25, -0.2) is 0 Å². The first kappa shape index (κ1) is 11.5.